The first-order valence-corrected chi connectivity index (χ1v) is 7.30. The minimum Gasteiger partial charge on any atom is -0.484 e. The number of ether oxygens (including phenoxy) is 1. The topological polar surface area (TPSA) is 29.5 Å². The second-order valence-corrected chi connectivity index (χ2v) is 4.98. The van der Waals surface area contributed by atoms with Crippen LogP contribution in [0.5, 0.6) is 5.75 Å². The van der Waals surface area contributed by atoms with E-state index < -0.39 is 0 Å². The summed E-state index contributed by atoms with van der Waals surface area (Å²) in [5, 5.41) is 0.644. The number of benzene rings is 1. The van der Waals surface area contributed by atoms with Crippen LogP contribution in [0.4, 0.5) is 0 Å². The Morgan fingerprint density at radius 1 is 1.26 bits per heavy atom. The first-order chi connectivity index (χ1) is 9.17. The van der Waals surface area contributed by atoms with Crippen molar-refractivity contribution >= 4 is 29.1 Å². The van der Waals surface area contributed by atoms with Crippen LogP contribution in [0.25, 0.3) is 0 Å². The van der Waals surface area contributed by atoms with Gasteiger partial charge in [-0.2, -0.15) is 0 Å². The van der Waals surface area contributed by atoms with Gasteiger partial charge in [-0.3, -0.25) is 4.79 Å². The number of alkyl halides is 1. The molecule has 0 aliphatic heterocycles. The van der Waals surface area contributed by atoms with Crippen LogP contribution in [-0.2, 0) is 4.79 Å². The number of rotatable bonds is 8. The normalized spacial score (nSPS) is 10.3. The molecule has 0 radical (unpaired) electrons. The smallest absolute Gasteiger partial charge is 0.260 e. The third-order valence-corrected chi connectivity index (χ3v) is 3.09. The van der Waals surface area contributed by atoms with Gasteiger partial charge in [-0.15, -0.1) is 11.6 Å². The maximum Gasteiger partial charge on any atom is 0.260 e. The summed E-state index contributed by atoms with van der Waals surface area (Å²) >= 11 is 11.5. The molecular weight excluding hydrogens is 285 g/mol. The fourth-order valence-electron chi connectivity index (χ4n) is 1.58. The molecule has 1 aromatic carbocycles. The van der Waals surface area contributed by atoms with E-state index in [0.29, 0.717) is 23.2 Å². The molecule has 106 valence electrons. The van der Waals surface area contributed by atoms with Crippen molar-refractivity contribution in [2.24, 2.45) is 0 Å². The molecule has 0 unspecified atom stereocenters. The Kier molecular flexibility index (Phi) is 7.68. The third kappa shape index (κ3) is 6.17. The van der Waals surface area contributed by atoms with E-state index in [2.05, 4.69) is 6.92 Å². The standard InChI is InChI=1S/C14H19Cl2NO2/c1-2-3-9-17(10-8-15)14(18)11-19-13-6-4-12(16)5-7-13/h4-7H,2-3,8-11H2,1H3. The number of unbranched alkanes of at least 4 members (excludes halogenated alkanes) is 1. The quantitative estimate of drug-likeness (QED) is 0.687. The molecule has 1 aromatic rings. The first-order valence-electron chi connectivity index (χ1n) is 6.39. The van der Waals surface area contributed by atoms with Crippen molar-refractivity contribution in [1.29, 1.82) is 0 Å². The van der Waals surface area contributed by atoms with Crippen molar-refractivity contribution < 1.29 is 9.53 Å². The van der Waals surface area contributed by atoms with E-state index in [1.807, 2.05) is 0 Å². The van der Waals surface area contributed by atoms with Crippen molar-refractivity contribution in [3.05, 3.63) is 29.3 Å². The van der Waals surface area contributed by atoms with Gasteiger partial charge in [-0.25, -0.2) is 0 Å². The highest BCUT2D eigenvalue weighted by Crippen LogP contribution is 2.15. The Bertz CT molecular complexity index is 382. The molecule has 0 spiro atoms. The molecule has 0 aromatic heterocycles. The van der Waals surface area contributed by atoms with E-state index in [9.17, 15) is 4.79 Å². The van der Waals surface area contributed by atoms with Gasteiger partial charge in [0.2, 0.25) is 0 Å². The summed E-state index contributed by atoms with van der Waals surface area (Å²) in [7, 11) is 0. The Morgan fingerprint density at radius 3 is 2.53 bits per heavy atom. The zero-order valence-electron chi connectivity index (χ0n) is 11.1. The first kappa shape index (κ1) is 16.1. The molecule has 0 heterocycles. The van der Waals surface area contributed by atoms with Gasteiger partial charge in [0.05, 0.1) is 0 Å². The van der Waals surface area contributed by atoms with Crippen molar-refractivity contribution in [2.75, 3.05) is 25.6 Å². The van der Waals surface area contributed by atoms with E-state index in [0.717, 1.165) is 19.4 Å². The molecule has 0 fully saturated rings. The van der Waals surface area contributed by atoms with Gasteiger partial charge >= 0.3 is 0 Å². The molecular formula is C14H19Cl2NO2. The molecule has 3 nitrogen and oxygen atoms in total. The second-order valence-electron chi connectivity index (χ2n) is 4.17. The van der Waals surface area contributed by atoms with Gasteiger partial charge < -0.3 is 9.64 Å². The Morgan fingerprint density at radius 2 is 1.95 bits per heavy atom. The molecule has 5 heteroatoms. The largest absolute Gasteiger partial charge is 0.484 e. The molecule has 0 bridgehead atoms. The zero-order chi connectivity index (χ0) is 14.1. The molecule has 0 atom stereocenters. The van der Waals surface area contributed by atoms with E-state index in [-0.39, 0.29) is 12.5 Å². The minimum atomic E-state index is -0.0379. The van der Waals surface area contributed by atoms with E-state index in [1.54, 1.807) is 29.2 Å². The summed E-state index contributed by atoms with van der Waals surface area (Å²) in [5.74, 6) is 1.04. The van der Waals surface area contributed by atoms with Gasteiger partial charge in [0.25, 0.3) is 5.91 Å². The maximum absolute atomic E-state index is 12.0. The molecule has 0 aliphatic carbocycles. The lowest BCUT2D eigenvalue weighted by molar-refractivity contribution is -0.133. The van der Waals surface area contributed by atoms with Crippen LogP contribution in [0.2, 0.25) is 5.02 Å². The molecule has 1 rings (SSSR count). The highest BCUT2D eigenvalue weighted by Gasteiger charge is 2.12. The van der Waals surface area contributed by atoms with Gasteiger partial charge in [0.15, 0.2) is 6.61 Å². The number of amides is 1. The number of nitrogens with zero attached hydrogens (tertiary/aromatic N) is 1. The summed E-state index contributed by atoms with van der Waals surface area (Å²) in [4.78, 5) is 13.7. The van der Waals surface area contributed by atoms with Crippen molar-refractivity contribution in [2.45, 2.75) is 19.8 Å². The van der Waals surface area contributed by atoms with E-state index in [1.165, 1.54) is 0 Å². The average molecular weight is 304 g/mol. The lowest BCUT2D eigenvalue weighted by atomic mass is 10.3. The second kappa shape index (κ2) is 9.05. The highest BCUT2D eigenvalue weighted by molar-refractivity contribution is 6.30. The van der Waals surface area contributed by atoms with Crippen molar-refractivity contribution in [3.63, 3.8) is 0 Å². The van der Waals surface area contributed by atoms with E-state index >= 15 is 0 Å². The number of hydrogen-bond acceptors (Lipinski definition) is 2. The maximum atomic E-state index is 12.0. The summed E-state index contributed by atoms with van der Waals surface area (Å²) in [5.41, 5.74) is 0. The molecule has 0 saturated heterocycles. The Labute approximate surface area is 124 Å². The average Bonchev–Trinajstić information content (AvgIpc) is 2.42. The Balaban J connectivity index is 2.44. The van der Waals surface area contributed by atoms with Crippen LogP contribution in [0, 0.1) is 0 Å². The molecule has 0 aliphatic rings. The van der Waals surface area contributed by atoms with Crippen LogP contribution in [-0.4, -0.2) is 36.4 Å². The SMILES string of the molecule is CCCCN(CCCl)C(=O)COc1ccc(Cl)cc1. The van der Waals surface area contributed by atoms with Gasteiger partial charge in [0.1, 0.15) is 5.75 Å². The van der Waals surface area contributed by atoms with Gasteiger partial charge in [-0.1, -0.05) is 24.9 Å². The fraction of sp³-hybridized carbons (Fsp3) is 0.500. The van der Waals surface area contributed by atoms with Gasteiger partial charge in [-0.05, 0) is 30.7 Å². The van der Waals surface area contributed by atoms with Gasteiger partial charge in [0, 0.05) is 24.0 Å². The lowest BCUT2D eigenvalue weighted by Gasteiger charge is -2.21. The summed E-state index contributed by atoms with van der Waals surface area (Å²) < 4.78 is 5.44. The number of halogens is 2. The predicted octanol–water partition coefficient (Wildman–Crippen LogP) is 3.59. The van der Waals surface area contributed by atoms with Crippen LogP contribution < -0.4 is 4.74 Å². The van der Waals surface area contributed by atoms with Crippen LogP contribution >= 0.6 is 23.2 Å². The summed E-state index contributed by atoms with van der Waals surface area (Å²) in [6, 6.07) is 6.95. The minimum absolute atomic E-state index is 0.0300. The van der Waals surface area contributed by atoms with Crippen molar-refractivity contribution in [3.8, 4) is 5.75 Å². The summed E-state index contributed by atoms with van der Waals surface area (Å²) in [6.45, 7) is 3.41. The highest BCUT2D eigenvalue weighted by atomic mass is 35.5. The monoisotopic (exact) mass is 303 g/mol. The number of carbonyl (C=O) groups is 1. The summed E-state index contributed by atoms with van der Waals surface area (Å²) in [6.07, 6.45) is 2.02. The Hall–Kier alpha value is -0.930. The van der Waals surface area contributed by atoms with Crippen LogP contribution in [0.3, 0.4) is 0 Å². The molecule has 1 amide bonds. The van der Waals surface area contributed by atoms with Crippen molar-refractivity contribution in [1.82, 2.24) is 4.90 Å². The molecule has 19 heavy (non-hydrogen) atoms. The zero-order valence-corrected chi connectivity index (χ0v) is 12.6. The molecule has 0 saturated carbocycles. The lowest BCUT2D eigenvalue weighted by Crippen LogP contribution is -2.37. The number of hydrogen-bond donors (Lipinski definition) is 0. The van der Waals surface area contributed by atoms with Crippen LogP contribution in [0.15, 0.2) is 24.3 Å². The fourth-order valence-corrected chi connectivity index (χ4v) is 1.91. The van der Waals surface area contributed by atoms with E-state index in [4.69, 9.17) is 27.9 Å². The predicted molar refractivity (Wildman–Crippen MR) is 79.2 cm³/mol. The van der Waals surface area contributed by atoms with Crippen LogP contribution in [0.1, 0.15) is 19.8 Å². The third-order valence-electron chi connectivity index (χ3n) is 2.66. The number of carbonyl (C=O) groups excluding carboxylic acids is 1. The molecule has 0 N–H and O–H groups in total.